The minimum Gasteiger partial charge on any atom is -0.465 e. The van der Waals surface area contributed by atoms with Crippen LogP contribution in [0, 0.1) is 5.92 Å². The highest BCUT2D eigenvalue weighted by Gasteiger charge is 2.36. The molecule has 1 aromatic carbocycles. The van der Waals surface area contributed by atoms with Crippen molar-refractivity contribution in [1.29, 1.82) is 0 Å². The molecule has 3 amide bonds. The number of imide groups is 1. The second kappa shape index (κ2) is 7.32. The van der Waals surface area contributed by atoms with Crippen LogP contribution in [0.25, 0.3) is 0 Å². The molecule has 0 radical (unpaired) electrons. The van der Waals surface area contributed by atoms with Crippen LogP contribution in [0.4, 0.5) is 5.69 Å². The molecule has 1 N–H and O–H groups in total. The first kappa shape index (κ1) is 18.8. The summed E-state index contributed by atoms with van der Waals surface area (Å²) in [4.78, 5) is 50.7. The van der Waals surface area contributed by atoms with Crippen LogP contribution >= 0.6 is 11.3 Å². The van der Waals surface area contributed by atoms with Gasteiger partial charge in [-0.1, -0.05) is 13.8 Å². The minimum absolute atomic E-state index is 0.144. The SMILES string of the molecule is COC(=O)c1sccc1NC(=O)c1ccc2c(c1)C(=O)N(CC(C)C)C2=O. The summed E-state index contributed by atoms with van der Waals surface area (Å²) >= 11 is 1.15. The summed E-state index contributed by atoms with van der Waals surface area (Å²) in [6, 6.07) is 5.98. The van der Waals surface area contributed by atoms with E-state index in [1.165, 1.54) is 30.2 Å². The minimum atomic E-state index is -0.542. The Balaban J connectivity index is 1.85. The summed E-state index contributed by atoms with van der Waals surface area (Å²) in [5.74, 6) is -1.63. The standard InChI is InChI=1S/C19H18N2O5S/c1-10(2)9-21-17(23)12-5-4-11(8-13(12)18(21)24)16(22)20-14-6-7-27-15(14)19(25)26-3/h4-8,10H,9H2,1-3H3,(H,20,22). The van der Waals surface area contributed by atoms with Crippen molar-refractivity contribution in [3.63, 3.8) is 0 Å². The molecular weight excluding hydrogens is 368 g/mol. The maximum atomic E-state index is 12.6. The van der Waals surface area contributed by atoms with Crippen molar-refractivity contribution in [3.05, 3.63) is 51.2 Å². The van der Waals surface area contributed by atoms with Crippen LogP contribution < -0.4 is 5.32 Å². The number of amides is 3. The number of hydrogen-bond acceptors (Lipinski definition) is 6. The molecule has 7 nitrogen and oxygen atoms in total. The number of nitrogens with one attached hydrogen (secondary N) is 1. The summed E-state index contributed by atoms with van der Waals surface area (Å²) in [5.41, 5.74) is 1.07. The van der Waals surface area contributed by atoms with Gasteiger partial charge in [0.15, 0.2) is 0 Å². The Morgan fingerprint density at radius 2 is 1.85 bits per heavy atom. The van der Waals surface area contributed by atoms with E-state index < -0.39 is 17.8 Å². The van der Waals surface area contributed by atoms with Crippen LogP contribution in [-0.2, 0) is 4.74 Å². The van der Waals surface area contributed by atoms with E-state index in [9.17, 15) is 19.2 Å². The van der Waals surface area contributed by atoms with Crippen molar-refractivity contribution in [1.82, 2.24) is 4.90 Å². The number of benzene rings is 1. The van der Waals surface area contributed by atoms with Gasteiger partial charge in [0, 0.05) is 12.1 Å². The quantitative estimate of drug-likeness (QED) is 0.630. The van der Waals surface area contributed by atoms with Crippen LogP contribution in [-0.4, -0.2) is 42.2 Å². The fourth-order valence-electron chi connectivity index (χ4n) is 2.82. The maximum absolute atomic E-state index is 12.6. The molecule has 0 unspecified atom stereocenters. The predicted molar refractivity (Wildman–Crippen MR) is 100 cm³/mol. The number of hydrogen-bond donors (Lipinski definition) is 1. The van der Waals surface area contributed by atoms with Crippen molar-refractivity contribution in [3.8, 4) is 0 Å². The summed E-state index contributed by atoms with van der Waals surface area (Å²) < 4.78 is 4.68. The Kier molecular flexibility index (Phi) is 5.09. The molecule has 2 heterocycles. The lowest BCUT2D eigenvalue weighted by atomic mass is 10.1. The fourth-order valence-corrected chi connectivity index (χ4v) is 3.58. The topological polar surface area (TPSA) is 92.8 Å². The van der Waals surface area contributed by atoms with Gasteiger partial charge in [-0.3, -0.25) is 19.3 Å². The molecule has 140 valence electrons. The first-order valence-electron chi connectivity index (χ1n) is 8.31. The molecule has 3 rings (SSSR count). The number of thiophene rings is 1. The van der Waals surface area contributed by atoms with Gasteiger partial charge in [0.2, 0.25) is 0 Å². The van der Waals surface area contributed by atoms with Crippen LogP contribution in [0.1, 0.15) is 54.6 Å². The van der Waals surface area contributed by atoms with E-state index in [-0.39, 0.29) is 27.8 Å². The Morgan fingerprint density at radius 3 is 2.52 bits per heavy atom. The van der Waals surface area contributed by atoms with Crippen LogP contribution in [0.2, 0.25) is 0 Å². The molecule has 27 heavy (non-hydrogen) atoms. The lowest BCUT2D eigenvalue weighted by Crippen LogP contribution is -2.33. The molecule has 1 aliphatic rings. The van der Waals surface area contributed by atoms with Crippen LogP contribution in [0.15, 0.2) is 29.6 Å². The zero-order chi connectivity index (χ0) is 19.7. The number of esters is 1. The molecule has 0 bridgehead atoms. The van der Waals surface area contributed by atoms with E-state index in [4.69, 9.17) is 0 Å². The van der Waals surface area contributed by atoms with Crippen LogP contribution in [0.3, 0.4) is 0 Å². The lowest BCUT2D eigenvalue weighted by Gasteiger charge is -2.15. The molecule has 8 heteroatoms. The van der Waals surface area contributed by atoms with Gasteiger partial charge in [-0.25, -0.2) is 4.79 Å². The second-order valence-electron chi connectivity index (χ2n) is 6.48. The van der Waals surface area contributed by atoms with E-state index in [0.717, 1.165) is 11.3 Å². The lowest BCUT2D eigenvalue weighted by molar-refractivity contribution is 0.0603. The van der Waals surface area contributed by atoms with E-state index in [1.807, 2.05) is 13.8 Å². The zero-order valence-electron chi connectivity index (χ0n) is 15.1. The van der Waals surface area contributed by atoms with E-state index in [1.54, 1.807) is 11.4 Å². The van der Waals surface area contributed by atoms with Crippen molar-refractivity contribution >= 4 is 40.7 Å². The van der Waals surface area contributed by atoms with E-state index in [0.29, 0.717) is 17.8 Å². The van der Waals surface area contributed by atoms with E-state index in [2.05, 4.69) is 10.1 Å². The highest BCUT2D eigenvalue weighted by atomic mass is 32.1. The molecule has 0 fully saturated rings. The normalized spacial score (nSPS) is 13.1. The monoisotopic (exact) mass is 386 g/mol. The van der Waals surface area contributed by atoms with Crippen molar-refractivity contribution < 1.29 is 23.9 Å². The molecule has 1 aromatic heterocycles. The Bertz CT molecular complexity index is 947. The smallest absolute Gasteiger partial charge is 0.350 e. The Labute approximate surface area is 159 Å². The van der Waals surface area contributed by atoms with Crippen molar-refractivity contribution in [2.45, 2.75) is 13.8 Å². The number of methoxy groups -OCH3 is 1. The number of fused-ring (bicyclic) bond motifs is 1. The number of ether oxygens (including phenoxy) is 1. The Hall–Kier alpha value is -3.00. The molecule has 0 saturated heterocycles. The highest BCUT2D eigenvalue weighted by Crippen LogP contribution is 2.27. The van der Waals surface area contributed by atoms with Gasteiger partial charge in [-0.2, -0.15) is 0 Å². The molecule has 2 aromatic rings. The summed E-state index contributed by atoms with van der Waals surface area (Å²) in [7, 11) is 1.26. The van der Waals surface area contributed by atoms with Gasteiger partial charge in [0.25, 0.3) is 17.7 Å². The molecule has 0 atom stereocenters. The fraction of sp³-hybridized carbons (Fsp3) is 0.263. The average molecular weight is 386 g/mol. The molecular formula is C19H18N2O5S. The van der Waals surface area contributed by atoms with Gasteiger partial charge < -0.3 is 10.1 Å². The first-order chi connectivity index (χ1) is 12.8. The van der Waals surface area contributed by atoms with Gasteiger partial charge in [0.1, 0.15) is 4.88 Å². The van der Waals surface area contributed by atoms with Crippen molar-refractivity contribution in [2.75, 3.05) is 19.0 Å². The number of nitrogens with zero attached hydrogens (tertiary/aromatic N) is 1. The molecule has 0 saturated carbocycles. The number of carbonyl (C=O) groups is 4. The average Bonchev–Trinajstić information content (AvgIpc) is 3.19. The maximum Gasteiger partial charge on any atom is 0.350 e. The van der Waals surface area contributed by atoms with Gasteiger partial charge in [0.05, 0.1) is 23.9 Å². The molecule has 0 spiro atoms. The first-order valence-corrected chi connectivity index (χ1v) is 9.18. The van der Waals surface area contributed by atoms with Gasteiger partial charge >= 0.3 is 5.97 Å². The van der Waals surface area contributed by atoms with Crippen LogP contribution in [0.5, 0.6) is 0 Å². The van der Waals surface area contributed by atoms with Gasteiger partial charge in [-0.05, 0) is 35.6 Å². The third-order valence-electron chi connectivity index (χ3n) is 4.06. The number of anilines is 1. The second-order valence-corrected chi connectivity index (χ2v) is 7.40. The third kappa shape index (κ3) is 3.48. The number of carbonyl (C=O) groups excluding carboxylic acids is 4. The number of rotatable bonds is 5. The van der Waals surface area contributed by atoms with Crippen molar-refractivity contribution in [2.24, 2.45) is 5.92 Å². The zero-order valence-corrected chi connectivity index (χ0v) is 15.9. The molecule has 1 aliphatic heterocycles. The van der Waals surface area contributed by atoms with E-state index >= 15 is 0 Å². The Morgan fingerprint density at radius 1 is 1.15 bits per heavy atom. The largest absolute Gasteiger partial charge is 0.465 e. The molecule has 0 aliphatic carbocycles. The highest BCUT2D eigenvalue weighted by molar-refractivity contribution is 7.12. The summed E-state index contributed by atoms with van der Waals surface area (Å²) in [6.45, 7) is 4.16. The summed E-state index contributed by atoms with van der Waals surface area (Å²) in [6.07, 6.45) is 0. The summed E-state index contributed by atoms with van der Waals surface area (Å²) in [5, 5.41) is 4.31. The van der Waals surface area contributed by atoms with Gasteiger partial charge in [-0.15, -0.1) is 11.3 Å². The predicted octanol–water partition coefficient (Wildman–Crippen LogP) is 3.04. The third-order valence-corrected chi connectivity index (χ3v) is 4.96.